The second kappa shape index (κ2) is 8.75. The van der Waals surface area contributed by atoms with Crippen molar-refractivity contribution in [1.82, 2.24) is 5.32 Å². The van der Waals surface area contributed by atoms with E-state index in [9.17, 15) is 4.79 Å². The first-order valence-electron chi connectivity index (χ1n) is 11.2. The van der Waals surface area contributed by atoms with Crippen LogP contribution < -0.4 is 15.1 Å². The zero-order chi connectivity index (χ0) is 21.2. The number of rotatable bonds is 5. The van der Waals surface area contributed by atoms with Crippen LogP contribution in [0.2, 0.25) is 0 Å². The fourth-order valence-electron chi connectivity index (χ4n) is 4.94. The summed E-state index contributed by atoms with van der Waals surface area (Å²) in [5.41, 5.74) is 5.12. The average molecular weight is 432 g/mol. The third-order valence-corrected chi connectivity index (χ3v) is 7.55. The molecular formula is C26H29N3OS. The van der Waals surface area contributed by atoms with Crippen LogP contribution in [0.1, 0.15) is 16.0 Å². The Bertz CT molecular complexity index is 1030. The minimum atomic E-state index is -0.0357. The predicted molar refractivity (Wildman–Crippen MR) is 129 cm³/mol. The van der Waals surface area contributed by atoms with Gasteiger partial charge in [0.2, 0.25) is 5.91 Å². The molecule has 2 unspecified atom stereocenters. The molecule has 160 valence electrons. The molecule has 2 aliphatic heterocycles. The Balaban J connectivity index is 1.35. The van der Waals surface area contributed by atoms with Crippen LogP contribution in [-0.2, 0) is 17.6 Å². The van der Waals surface area contributed by atoms with Crippen molar-refractivity contribution in [1.29, 1.82) is 0 Å². The van der Waals surface area contributed by atoms with Crippen LogP contribution in [0.15, 0.2) is 66.0 Å². The summed E-state index contributed by atoms with van der Waals surface area (Å²) >= 11 is 1.75. The number of nitrogens with one attached hydrogen (secondary N) is 1. The number of thiophene rings is 1. The largest absolute Gasteiger partial charge is 0.368 e. The Hall–Kier alpha value is -2.79. The highest BCUT2D eigenvalue weighted by Crippen LogP contribution is 2.36. The van der Waals surface area contributed by atoms with Crippen molar-refractivity contribution >= 4 is 28.6 Å². The maximum absolute atomic E-state index is 13.3. The molecule has 3 heterocycles. The first-order chi connectivity index (χ1) is 15.2. The monoisotopic (exact) mass is 431 g/mol. The summed E-state index contributed by atoms with van der Waals surface area (Å²) in [5, 5.41) is 5.33. The van der Waals surface area contributed by atoms with Crippen molar-refractivity contribution in [2.45, 2.75) is 25.8 Å². The third-order valence-electron chi connectivity index (χ3n) is 6.61. The Morgan fingerprint density at radius 1 is 1.06 bits per heavy atom. The molecule has 31 heavy (non-hydrogen) atoms. The second-order valence-corrected chi connectivity index (χ2v) is 9.63. The van der Waals surface area contributed by atoms with E-state index in [1.54, 1.807) is 11.3 Å². The molecule has 5 heteroatoms. The molecule has 0 radical (unpaired) electrons. The van der Waals surface area contributed by atoms with E-state index in [0.29, 0.717) is 6.54 Å². The minimum Gasteiger partial charge on any atom is -0.368 e. The van der Waals surface area contributed by atoms with Crippen LogP contribution in [0.25, 0.3) is 0 Å². The van der Waals surface area contributed by atoms with Crippen LogP contribution in [0.3, 0.4) is 0 Å². The molecule has 1 aromatic heterocycles. The lowest BCUT2D eigenvalue weighted by molar-refractivity contribution is -0.125. The van der Waals surface area contributed by atoms with E-state index in [0.717, 1.165) is 32.5 Å². The van der Waals surface area contributed by atoms with Gasteiger partial charge in [-0.3, -0.25) is 4.79 Å². The summed E-state index contributed by atoms with van der Waals surface area (Å²) in [6.07, 6.45) is 1.71. The molecule has 0 saturated carbocycles. The van der Waals surface area contributed by atoms with Crippen molar-refractivity contribution in [3.63, 3.8) is 0 Å². The number of carbonyl (C=O) groups excluding carboxylic acids is 1. The number of nitrogens with zero attached hydrogens (tertiary/aromatic N) is 2. The molecule has 0 aliphatic carbocycles. The fraction of sp³-hybridized carbons (Fsp3) is 0.346. The standard InChI is InChI=1S/C26H29N3OS/c1-19-8-10-21(11-9-19)28-14-15-29-24-7-3-2-5-20(24)17-23(25(29)18-28)26(30)27-13-12-22-6-4-16-31-22/h2-11,16,23,25H,12-15,17-18H2,1H3,(H,27,30). The number of benzene rings is 2. The van der Waals surface area contributed by atoms with Gasteiger partial charge in [-0.2, -0.15) is 0 Å². The summed E-state index contributed by atoms with van der Waals surface area (Å²) in [5.74, 6) is 0.151. The maximum atomic E-state index is 13.3. The van der Waals surface area contributed by atoms with Gasteiger partial charge < -0.3 is 15.1 Å². The maximum Gasteiger partial charge on any atom is 0.225 e. The van der Waals surface area contributed by atoms with Crippen LogP contribution in [0.4, 0.5) is 11.4 Å². The van der Waals surface area contributed by atoms with Gasteiger partial charge in [-0.15, -0.1) is 11.3 Å². The topological polar surface area (TPSA) is 35.6 Å². The van der Waals surface area contributed by atoms with Crippen molar-refractivity contribution in [2.75, 3.05) is 36.0 Å². The van der Waals surface area contributed by atoms with Gasteiger partial charge in [0.15, 0.2) is 0 Å². The fourth-order valence-corrected chi connectivity index (χ4v) is 5.65. The number of hydrogen-bond donors (Lipinski definition) is 1. The van der Waals surface area contributed by atoms with Gasteiger partial charge in [-0.1, -0.05) is 42.0 Å². The molecule has 2 atom stereocenters. The first-order valence-corrected chi connectivity index (χ1v) is 12.0. The number of piperazine rings is 1. The Morgan fingerprint density at radius 3 is 2.71 bits per heavy atom. The molecule has 4 nitrogen and oxygen atoms in total. The quantitative estimate of drug-likeness (QED) is 0.655. The predicted octanol–water partition coefficient (Wildman–Crippen LogP) is 4.28. The van der Waals surface area contributed by atoms with Gasteiger partial charge in [0.25, 0.3) is 0 Å². The van der Waals surface area contributed by atoms with Gasteiger partial charge >= 0.3 is 0 Å². The molecular weight excluding hydrogens is 402 g/mol. The number of fused-ring (bicyclic) bond motifs is 3. The normalized spacial score (nSPS) is 20.2. The highest BCUT2D eigenvalue weighted by molar-refractivity contribution is 7.09. The number of carbonyl (C=O) groups is 1. The van der Waals surface area contributed by atoms with Gasteiger partial charge in [0, 0.05) is 42.4 Å². The molecule has 1 fully saturated rings. The molecule has 0 spiro atoms. The number of amides is 1. The van der Waals surface area contributed by atoms with Crippen molar-refractivity contribution in [3.8, 4) is 0 Å². The van der Waals surface area contributed by atoms with E-state index in [-0.39, 0.29) is 17.9 Å². The Kier molecular flexibility index (Phi) is 5.68. The van der Waals surface area contributed by atoms with Crippen LogP contribution in [-0.4, -0.2) is 38.1 Å². The van der Waals surface area contributed by atoms with E-state index >= 15 is 0 Å². The smallest absolute Gasteiger partial charge is 0.225 e. The molecule has 1 amide bonds. The molecule has 5 rings (SSSR count). The third kappa shape index (κ3) is 4.19. The highest BCUT2D eigenvalue weighted by Gasteiger charge is 2.41. The first kappa shape index (κ1) is 20.1. The lowest BCUT2D eigenvalue weighted by atomic mass is 9.83. The van der Waals surface area contributed by atoms with Gasteiger partial charge in [-0.05, 0) is 55.0 Å². The van der Waals surface area contributed by atoms with Crippen LogP contribution >= 0.6 is 11.3 Å². The number of aryl methyl sites for hydroxylation is 1. The van der Waals surface area contributed by atoms with Crippen molar-refractivity contribution in [3.05, 3.63) is 82.0 Å². The summed E-state index contributed by atoms with van der Waals surface area (Å²) in [4.78, 5) is 19.6. The molecule has 1 N–H and O–H groups in total. The van der Waals surface area contributed by atoms with E-state index < -0.39 is 0 Å². The second-order valence-electron chi connectivity index (χ2n) is 8.60. The van der Waals surface area contributed by atoms with Crippen molar-refractivity contribution < 1.29 is 4.79 Å². The molecule has 2 aromatic carbocycles. The van der Waals surface area contributed by atoms with Crippen LogP contribution in [0, 0.1) is 12.8 Å². The van der Waals surface area contributed by atoms with E-state index in [2.05, 4.69) is 88.1 Å². The van der Waals surface area contributed by atoms with Gasteiger partial charge in [0.05, 0.1) is 12.0 Å². The Morgan fingerprint density at radius 2 is 1.90 bits per heavy atom. The number of para-hydroxylation sites is 1. The van der Waals surface area contributed by atoms with E-state index in [4.69, 9.17) is 0 Å². The van der Waals surface area contributed by atoms with Crippen LogP contribution in [0.5, 0.6) is 0 Å². The SMILES string of the molecule is Cc1ccc(N2CCN3c4ccccc4CC(C(=O)NCCc4cccs4)C3C2)cc1. The molecule has 0 bridgehead atoms. The summed E-state index contributed by atoms with van der Waals surface area (Å²) in [6.45, 7) is 5.61. The number of hydrogen-bond acceptors (Lipinski definition) is 4. The average Bonchev–Trinajstić information content (AvgIpc) is 3.32. The summed E-state index contributed by atoms with van der Waals surface area (Å²) < 4.78 is 0. The lowest BCUT2D eigenvalue weighted by Gasteiger charge is -2.49. The lowest BCUT2D eigenvalue weighted by Crippen LogP contribution is -2.61. The Labute approximate surface area is 188 Å². The number of anilines is 2. The zero-order valence-electron chi connectivity index (χ0n) is 18.0. The van der Waals surface area contributed by atoms with E-state index in [1.807, 2.05) is 0 Å². The minimum absolute atomic E-state index is 0.0357. The highest BCUT2D eigenvalue weighted by atomic mass is 32.1. The molecule has 3 aromatic rings. The van der Waals surface area contributed by atoms with Crippen molar-refractivity contribution in [2.24, 2.45) is 5.92 Å². The van der Waals surface area contributed by atoms with Gasteiger partial charge in [-0.25, -0.2) is 0 Å². The molecule has 2 aliphatic rings. The summed E-state index contributed by atoms with van der Waals surface area (Å²) in [7, 11) is 0. The molecule has 1 saturated heterocycles. The van der Waals surface area contributed by atoms with E-state index in [1.165, 1.54) is 27.4 Å². The summed E-state index contributed by atoms with van der Waals surface area (Å²) in [6, 6.07) is 21.8. The zero-order valence-corrected chi connectivity index (χ0v) is 18.8. The van der Waals surface area contributed by atoms with Gasteiger partial charge in [0.1, 0.15) is 0 Å².